The van der Waals surface area contributed by atoms with E-state index in [1.807, 2.05) is 0 Å². The van der Waals surface area contributed by atoms with E-state index in [0.29, 0.717) is 6.04 Å². The van der Waals surface area contributed by atoms with Crippen molar-refractivity contribution in [3.63, 3.8) is 0 Å². The second kappa shape index (κ2) is 6.53. The normalized spacial score (nSPS) is 13.8. The molecule has 110 valence electrons. The second-order valence-electron chi connectivity index (χ2n) is 5.80. The van der Waals surface area contributed by atoms with Gasteiger partial charge in [-0.3, -0.25) is 4.68 Å². The predicted molar refractivity (Wildman–Crippen MR) is 79.5 cm³/mol. The van der Waals surface area contributed by atoms with Crippen LogP contribution in [-0.4, -0.2) is 29.0 Å². The lowest BCUT2D eigenvalue weighted by atomic mass is 10.0. The number of ether oxygens (including phenoxy) is 1. The van der Waals surface area contributed by atoms with Gasteiger partial charge in [0, 0.05) is 31.0 Å². The average Bonchev–Trinajstić information content (AvgIpc) is 2.62. The summed E-state index contributed by atoms with van der Waals surface area (Å²) in [6.45, 7) is 14.7. The topological polar surface area (TPSA) is 39.1 Å². The van der Waals surface area contributed by atoms with Crippen LogP contribution in [0, 0.1) is 13.8 Å². The van der Waals surface area contributed by atoms with Crippen molar-refractivity contribution < 1.29 is 4.74 Å². The van der Waals surface area contributed by atoms with Crippen molar-refractivity contribution in [1.29, 1.82) is 0 Å². The highest BCUT2D eigenvalue weighted by molar-refractivity contribution is 5.27. The first-order valence-electron chi connectivity index (χ1n) is 7.14. The molecule has 0 aliphatic rings. The summed E-state index contributed by atoms with van der Waals surface area (Å²) in [6.07, 6.45) is 0.959. The smallest absolute Gasteiger partial charge is 0.0644 e. The Bertz CT molecular complexity index is 410. The molecule has 1 aromatic rings. The van der Waals surface area contributed by atoms with Crippen LogP contribution in [0.2, 0.25) is 0 Å². The molecule has 1 atom stereocenters. The van der Waals surface area contributed by atoms with Crippen molar-refractivity contribution in [2.45, 2.75) is 66.2 Å². The summed E-state index contributed by atoms with van der Waals surface area (Å²) in [7, 11) is 1.76. The third-order valence-electron chi connectivity index (χ3n) is 3.86. The van der Waals surface area contributed by atoms with Crippen LogP contribution in [0.3, 0.4) is 0 Å². The molecule has 0 fully saturated rings. The summed E-state index contributed by atoms with van der Waals surface area (Å²) in [5.41, 5.74) is 3.62. The lowest BCUT2D eigenvalue weighted by Gasteiger charge is -2.23. The summed E-state index contributed by atoms with van der Waals surface area (Å²) in [5, 5.41) is 8.13. The SMILES string of the molecule is CCNC(C)c1c(C)nn(CCC(C)(C)OC)c1C. The summed E-state index contributed by atoms with van der Waals surface area (Å²) in [5.74, 6) is 0. The highest BCUT2D eigenvalue weighted by atomic mass is 16.5. The number of nitrogens with one attached hydrogen (secondary N) is 1. The lowest BCUT2D eigenvalue weighted by molar-refractivity contribution is 0.0112. The fourth-order valence-electron chi connectivity index (χ4n) is 2.44. The Hall–Kier alpha value is -0.870. The van der Waals surface area contributed by atoms with Gasteiger partial charge in [-0.1, -0.05) is 6.92 Å². The zero-order chi connectivity index (χ0) is 14.6. The summed E-state index contributed by atoms with van der Waals surface area (Å²) in [4.78, 5) is 0. The minimum absolute atomic E-state index is 0.0975. The highest BCUT2D eigenvalue weighted by Crippen LogP contribution is 2.22. The van der Waals surface area contributed by atoms with Crippen molar-refractivity contribution >= 4 is 0 Å². The Kier molecular flexibility index (Phi) is 5.56. The molecule has 1 aromatic heterocycles. The molecule has 0 spiro atoms. The van der Waals surface area contributed by atoms with Gasteiger partial charge in [-0.2, -0.15) is 5.10 Å². The van der Waals surface area contributed by atoms with E-state index in [1.165, 1.54) is 11.3 Å². The minimum atomic E-state index is -0.0975. The fourth-order valence-corrected chi connectivity index (χ4v) is 2.44. The zero-order valence-electron chi connectivity index (χ0n) is 13.5. The summed E-state index contributed by atoms with van der Waals surface area (Å²) in [6, 6.07) is 0.356. The quantitative estimate of drug-likeness (QED) is 0.825. The first-order chi connectivity index (χ1) is 8.82. The van der Waals surface area contributed by atoms with Crippen molar-refractivity contribution in [2.24, 2.45) is 0 Å². The zero-order valence-corrected chi connectivity index (χ0v) is 13.5. The Morgan fingerprint density at radius 2 is 2.00 bits per heavy atom. The second-order valence-corrected chi connectivity index (χ2v) is 5.80. The van der Waals surface area contributed by atoms with E-state index in [-0.39, 0.29) is 5.60 Å². The number of rotatable bonds is 7. The van der Waals surface area contributed by atoms with E-state index in [0.717, 1.165) is 25.2 Å². The number of aromatic nitrogens is 2. The molecule has 0 aliphatic carbocycles. The monoisotopic (exact) mass is 267 g/mol. The van der Waals surface area contributed by atoms with Gasteiger partial charge in [0.15, 0.2) is 0 Å². The number of methoxy groups -OCH3 is 1. The molecule has 1 rings (SSSR count). The van der Waals surface area contributed by atoms with Gasteiger partial charge in [0.1, 0.15) is 0 Å². The number of nitrogens with zero attached hydrogens (tertiary/aromatic N) is 2. The van der Waals surface area contributed by atoms with Gasteiger partial charge in [-0.25, -0.2) is 0 Å². The van der Waals surface area contributed by atoms with E-state index in [2.05, 4.69) is 56.6 Å². The molecule has 0 bridgehead atoms. The molecule has 0 saturated heterocycles. The van der Waals surface area contributed by atoms with Crippen LogP contribution in [0.4, 0.5) is 0 Å². The number of aryl methyl sites for hydroxylation is 2. The first-order valence-corrected chi connectivity index (χ1v) is 7.14. The minimum Gasteiger partial charge on any atom is -0.379 e. The molecule has 4 heteroatoms. The van der Waals surface area contributed by atoms with Crippen LogP contribution in [0.5, 0.6) is 0 Å². The number of hydrogen-bond acceptors (Lipinski definition) is 3. The van der Waals surface area contributed by atoms with Gasteiger partial charge >= 0.3 is 0 Å². The van der Waals surface area contributed by atoms with Crippen LogP contribution in [0.15, 0.2) is 0 Å². The fraction of sp³-hybridized carbons (Fsp3) is 0.800. The van der Waals surface area contributed by atoms with E-state index < -0.39 is 0 Å². The van der Waals surface area contributed by atoms with Gasteiger partial charge in [-0.05, 0) is 47.6 Å². The van der Waals surface area contributed by atoms with E-state index in [1.54, 1.807) is 7.11 Å². The molecule has 19 heavy (non-hydrogen) atoms. The molecule has 1 N–H and O–H groups in total. The van der Waals surface area contributed by atoms with Crippen molar-refractivity contribution in [3.8, 4) is 0 Å². The van der Waals surface area contributed by atoms with Crippen LogP contribution in [0.1, 0.15) is 57.1 Å². The number of hydrogen-bond donors (Lipinski definition) is 1. The van der Waals surface area contributed by atoms with Crippen molar-refractivity contribution in [1.82, 2.24) is 15.1 Å². The van der Waals surface area contributed by atoms with Crippen LogP contribution in [-0.2, 0) is 11.3 Å². The van der Waals surface area contributed by atoms with E-state index in [9.17, 15) is 0 Å². The Morgan fingerprint density at radius 1 is 1.37 bits per heavy atom. The molecular weight excluding hydrogens is 238 g/mol. The average molecular weight is 267 g/mol. The van der Waals surface area contributed by atoms with Crippen LogP contribution >= 0.6 is 0 Å². The third kappa shape index (κ3) is 4.05. The molecule has 0 radical (unpaired) electrons. The third-order valence-corrected chi connectivity index (χ3v) is 3.86. The molecule has 0 saturated carbocycles. The maximum atomic E-state index is 5.47. The summed E-state index contributed by atoms with van der Waals surface area (Å²) >= 11 is 0. The molecule has 1 unspecified atom stereocenters. The molecule has 1 heterocycles. The van der Waals surface area contributed by atoms with Crippen molar-refractivity contribution in [2.75, 3.05) is 13.7 Å². The van der Waals surface area contributed by atoms with E-state index in [4.69, 9.17) is 4.74 Å². The van der Waals surface area contributed by atoms with Gasteiger partial charge in [0.2, 0.25) is 0 Å². The van der Waals surface area contributed by atoms with Gasteiger partial charge in [0.25, 0.3) is 0 Å². The summed E-state index contributed by atoms with van der Waals surface area (Å²) < 4.78 is 7.58. The maximum absolute atomic E-state index is 5.47. The molecule has 0 aliphatic heterocycles. The largest absolute Gasteiger partial charge is 0.379 e. The molecule has 4 nitrogen and oxygen atoms in total. The van der Waals surface area contributed by atoms with Crippen LogP contribution < -0.4 is 5.32 Å². The Labute approximate surface area is 117 Å². The van der Waals surface area contributed by atoms with E-state index >= 15 is 0 Å². The highest BCUT2D eigenvalue weighted by Gasteiger charge is 2.20. The standard InChI is InChI=1S/C15H29N3O/c1-8-16-11(2)14-12(3)17-18(13(14)4)10-9-15(5,6)19-7/h11,16H,8-10H2,1-7H3. The molecular formula is C15H29N3O. The predicted octanol–water partition coefficient (Wildman–Crippen LogP) is 2.99. The lowest BCUT2D eigenvalue weighted by Crippen LogP contribution is -2.25. The Balaban J connectivity index is 2.85. The Morgan fingerprint density at radius 3 is 2.53 bits per heavy atom. The first kappa shape index (κ1) is 16.2. The molecule has 0 aromatic carbocycles. The maximum Gasteiger partial charge on any atom is 0.0644 e. The van der Waals surface area contributed by atoms with Crippen molar-refractivity contribution in [3.05, 3.63) is 17.0 Å². The van der Waals surface area contributed by atoms with Gasteiger partial charge < -0.3 is 10.1 Å². The van der Waals surface area contributed by atoms with Gasteiger partial charge in [-0.15, -0.1) is 0 Å². The van der Waals surface area contributed by atoms with Crippen LogP contribution in [0.25, 0.3) is 0 Å². The molecule has 0 amide bonds. The van der Waals surface area contributed by atoms with Gasteiger partial charge in [0.05, 0.1) is 11.3 Å².